The molecule has 6 heteroatoms. The summed E-state index contributed by atoms with van der Waals surface area (Å²) in [5.41, 5.74) is 1.25. The van der Waals surface area contributed by atoms with Crippen molar-refractivity contribution in [1.29, 1.82) is 0 Å². The fourth-order valence-corrected chi connectivity index (χ4v) is 3.17. The number of benzene rings is 1. The quantitative estimate of drug-likeness (QED) is 0.788. The van der Waals surface area contributed by atoms with Crippen LogP contribution in [0, 0.1) is 5.92 Å². The molecule has 0 unspecified atom stereocenters. The van der Waals surface area contributed by atoms with E-state index in [4.69, 9.17) is 0 Å². The molecule has 2 N–H and O–H groups in total. The van der Waals surface area contributed by atoms with Gasteiger partial charge in [0.25, 0.3) is 5.91 Å². The average Bonchev–Trinajstić information content (AvgIpc) is 2.60. The minimum Gasteiger partial charge on any atom is -0.345 e. The second-order valence-corrected chi connectivity index (χ2v) is 6.94. The number of amides is 2. The number of piperidine rings is 1. The van der Waals surface area contributed by atoms with Crippen LogP contribution in [-0.2, 0) is 4.79 Å². The summed E-state index contributed by atoms with van der Waals surface area (Å²) >= 11 is 0. The van der Waals surface area contributed by atoms with E-state index >= 15 is 0 Å². The number of likely N-dealkylation sites (tertiary alicyclic amines) is 1. The third-order valence-corrected chi connectivity index (χ3v) is 4.68. The van der Waals surface area contributed by atoms with Crippen molar-refractivity contribution in [3.05, 3.63) is 29.8 Å². The topological polar surface area (TPSA) is 64.7 Å². The number of nitrogens with zero attached hydrogens (tertiary/aromatic N) is 2. The van der Waals surface area contributed by atoms with E-state index in [1.807, 2.05) is 13.1 Å². The molecule has 25 heavy (non-hydrogen) atoms. The van der Waals surface area contributed by atoms with Crippen molar-refractivity contribution in [2.75, 3.05) is 52.6 Å². The van der Waals surface area contributed by atoms with Crippen molar-refractivity contribution in [3.63, 3.8) is 0 Å². The lowest BCUT2D eigenvalue weighted by atomic mass is 9.93. The van der Waals surface area contributed by atoms with Crippen LogP contribution in [0.1, 0.15) is 29.6 Å². The summed E-state index contributed by atoms with van der Waals surface area (Å²) in [6.07, 6.45) is 3.52. The third kappa shape index (κ3) is 6.14. The molecule has 1 fully saturated rings. The Morgan fingerprint density at radius 1 is 1.24 bits per heavy atom. The van der Waals surface area contributed by atoms with Gasteiger partial charge >= 0.3 is 0 Å². The molecule has 6 nitrogen and oxygen atoms in total. The van der Waals surface area contributed by atoms with Crippen molar-refractivity contribution < 1.29 is 9.59 Å². The van der Waals surface area contributed by atoms with Crippen molar-refractivity contribution in [2.45, 2.75) is 19.3 Å². The Kier molecular flexibility index (Phi) is 7.40. The Labute approximate surface area is 150 Å². The summed E-state index contributed by atoms with van der Waals surface area (Å²) in [6.45, 7) is 3.42. The number of anilines is 1. The zero-order chi connectivity index (χ0) is 18.2. The Morgan fingerprint density at radius 3 is 2.60 bits per heavy atom. The van der Waals surface area contributed by atoms with Gasteiger partial charge in [-0.15, -0.1) is 0 Å². The van der Waals surface area contributed by atoms with Gasteiger partial charge in [-0.3, -0.25) is 14.5 Å². The highest BCUT2D eigenvalue weighted by Crippen LogP contribution is 2.20. The van der Waals surface area contributed by atoms with Crippen molar-refractivity contribution >= 4 is 17.5 Å². The standard InChI is InChI=1S/C19H30N4O2/c1-20-10-7-15-8-11-23(12-9-15)14-18(24)21-17-6-4-5-16(13-17)19(25)22(2)3/h4-6,13,15,20H,7-12,14H2,1-3H3,(H,21,24). The molecule has 1 aromatic rings. The van der Waals surface area contributed by atoms with Gasteiger partial charge in [-0.1, -0.05) is 6.07 Å². The van der Waals surface area contributed by atoms with Gasteiger partial charge in [0.1, 0.15) is 0 Å². The van der Waals surface area contributed by atoms with Crippen LogP contribution in [0.5, 0.6) is 0 Å². The maximum atomic E-state index is 12.3. The number of nitrogens with one attached hydrogen (secondary N) is 2. The molecule has 0 aromatic heterocycles. The Morgan fingerprint density at radius 2 is 1.96 bits per heavy atom. The fraction of sp³-hybridized carbons (Fsp3) is 0.579. The number of hydrogen-bond acceptors (Lipinski definition) is 4. The van der Waals surface area contributed by atoms with E-state index in [9.17, 15) is 9.59 Å². The third-order valence-electron chi connectivity index (χ3n) is 4.68. The first-order valence-corrected chi connectivity index (χ1v) is 8.98. The molecule has 138 valence electrons. The zero-order valence-corrected chi connectivity index (χ0v) is 15.5. The van der Waals surface area contributed by atoms with Gasteiger partial charge in [0.15, 0.2) is 0 Å². The molecule has 0 spiro atoms. The van der Waals surface area contributed by atoms with Crippen LogP contribution in [-0.4, -0.2) is 68.9 Å². The van der Waals surface area contributed by atoms with E-state index in [2.05, 4.69) is 15.5 Å². The minimum absolute atomic E-state index is 0.0249. The first-order chi connectivity index (χ1) is 12.0. The summed E-state index contributed by atoms with van der Waals surface area (Å²) in [6, 6.07) is 7.09. The molecule has 1 saturated heterocycles. The molecule has 2 rings (SSSR count). The highest BCUT2D eigenvalue weighted by atomic mass is 16.2. The molecule has 1 aliphatic heterocycles. The SMILES string of the molecule is CNCCC1CCN(CC(=O)Nc2cccc(C(=O)N(C)C)c2)CC1. The smallest absolute Gasteiger partial charge is 0.253 e. The lowest BCUT2D eigenvalue weighted by Gasteiger charge is -2.31. The number of carbonyl (C=O) groups is 2. The number of hydrogen-bond donors (Lipinski definition) is 2. The average molecular weight is 346 g/mol. The monoisotopic (exact) mass is 346 g/mol. The number of rotatable bonds is 7. The van der Waals surface area contributed by atoms with E-state index in [0.717, 1.165) is 38.4 Å². The summed E-state index contributed by atoms with van der Waals surface area (Å²) < 4.78 is 0. The second kappa shape index (κ2) is 9.53. The summed E-state index contributed by atoms with van der Waals surface area (Å²) in [5, 5.41) is 6.11. The Hall–Kier alpha value is -1.92. The van der Waals surface area contributed by atoms with Crippen LogP contribution < -0.4 is 10.6 Å². The minimum atomic E-state index is -0.0697. The predicted octanol–water partition coefficient (Wildman–Crippen LogP) is 1.65. The van der Waals surface area contributed by atoms with E-state index in [1.165, 1.54) is 11.3 Å². The summed E-state index contributed by atoms with van der Waals surface area (Å²) in [4.78, 5) is 28.0. The molecule has 2 amide bonds. The largest absolute Gasteiger partial charge is 0.345 e. The van der Waals surface area contributed by atoms with E-state index in [-0.39, 0.29) is 11.8 Å². The normalized spacial score (nSPS) is 15.8. The van der Waals surface area contributed by atoms with Gasteiger partial charge in [0, 0.05) is 25.3 Å². The fourth-order valence-electron chi connectivity index (χ4n) is 3.17. The molecule has 1 heterocycles. The van der Waals surface area contributed by atoms with Crippen molar-refractivity contribution in [2.24, 2.45) is 5.92 Å². The predicted molar refractivity (Wildman–Crippen MR) is 101 cm³/mol. The Balaban J connectivity index is 1.81. The van der Waals surface area contributed by atoms with Crippen LogP contribution in [0.2, 0.25) is 0 Å². The molecule has 0 radical (unpaired) electrons. The van der Waals surface area contributed by atoms with Crippen LogP contribution in [0.4, 0.5) is 5.69 Å². The van der Waals surface area contributed by atoms with Gasteiger partial charge in [0.2, 0.25) is 5.91 Å². The van der Waals surface area contributed by atoms with E-state index in [1.54, 1.807) is 32.3 Å². The molecule has 0 atom stereocenters. The van der Waals surface area contributed by atoms with Crippen molar-refractivity contribution in [1.82, 2.24) is 15.1 Å². The first-order valence-electron chi connectivity index (χ1n) is 8.98. The molecule has 1 aliphatic rings. The van der Waals surface area contributed by atoms with Gasteiger partial charge in [-0.2, -0.15) is 0 Å². The highest BCUT2D eigenvalue weighted by molar-refractivity contribution is 5.97. The summed E-state index contributed by atoms with van der Waals surface area (Å²) in [7, 11) is 5.42. The Bertz CT molecular complexity index is 581. The van der Waals surface area contributed by atoms with Crippen LogP contribution in [0.15, 0.2) is 24.3 Å². The van der Waals surface area contributed by atoms with Gasteiger partial charge in [0.05, 0.1) is 6.54 Å². The molecule has 0 bridgehead atoms. The molecule has 0 aliphatic carbocycles. The van der Waals surface area contributed by atoms with Crippen LogP contribution >= 0.6 is 0 Å². The molecule has 0 saturated carbocycles. The number of carbonyl (C=O) groups excluding carboxylic acids is 2. The van der Waals surface area contributed by atoms with E-state index in [0.29, 0.717) is 17.8 Å². The van der Waals surface area contributed by atoms with Crippen molar-refractivity contribution in [3.8, 4) is 0 Å². The van der Waals surface area contributed by atoms with Crippen LogP contribution in [0.3, 0.4) is 0 Å². The van der Waals surface area contributed by atoms with Gasteiger partial charge in [-0.25, -0.2) is 0 Å². The molecular weight excluding hydrogens is 316 g/mol. The second-order valence-electron chi connectivity index (χ2n) is 6.94. The molecule has 1 aromatic carbocycles. The summed E-state index contributed by atoms with van der Waals surface area (Å²) in [5.74, 6) is 0.670. The zero-order valence-electron chi connectivity index (χ0n) is 15.5. The van der Waals surface area contributed by atoms with Gasteiger partial charge in [-0.05, 0) is 70.1 Å². The molecular formula is C19H30N4O2. The maximum absolute atomic E-state index is 12.3. The lowest BCUT2D eigenvalue weighted by Crippen LogP contribution is -2.39. The first kappa shape index (κ1) is 19.4. The van der Waals surface area contributed by atoms with Crippen LogP contribution in [0.25, 0.3) is 0 Å². The lowest BCUT2D eigenvalue weighted by molar-refractivity contribution is -0.117. The van der Waals surface area contributed by atoms with Gasteiger partial charge < -0.3 is 15.5 Å². The highest BCUT2D eigenvalue weighted by Gasteiger charge is 2.20. The van der Waals surface area contributed by atoms with E-state index < -0.39 is 0 Å². The maximum Gasteiger partial charge on any atom is 0.253 e.